The van der Waals surface area contributed by atoms with Gasteiger partial charge in [0.25, 0.3) is 0 Å². The molecule has 5 nitrogen and oxygen atoms in total. The number of benzene rings is 2. The van der Waals surface area contributed by atoms with Crippen molar-refractivity contribution in [2.75, 3.05) is 13.1 Å². The van der Waals surface area contributed by atoms with Crippen LogP contribution in [0.1, 0.15) is 23.6 Å². The number of nitrogens with one attached hydrogen (secondary N) is 2. The number of hydrogen-bond acceptors (Lipinski definition) is 2. The van der Waals surface area contributed by atoms with Gasteiger partial charge in [0.1, 0.15) is 5.82 Å². The van der Waals surface area contributed by atoms with Gasteiger partial charge in [0.15, 0.2) is 5.96 Å². The highest BCUT2D eigenvalue weighted by molar-refractivity contribution is 5.79. The Morgan fingerprint density at radius 3 is 2.64 bits per heavy atom. The number of imidazole rings is 1. The van der Waals surface area contributed by atoms with E-state index in [4.69, 9.17) is 0 Å². The van der Waals surface area contributed by atoms with Crippen LogP contribution >= 0.6 is 0 Å². The average Bonchev–Trinajstić information content (AvgIpc) is 3.21. The first kappa shape index (κ1) is 19.6. The Bertz CT molecular complexity index is 872. The molecule has 0 atom stereocenters. The van der Waals surface area contributed by atoms with E-state index in [-0.39, 0.29) is 5.82 Å². The number of guanidine groups is 1. The van der Waals surface area contributed by atoms with E-state index >= 15 is 0 Å². The van der Waals surface area contributed by atoms with Crippen LogP contribution in [0.2, 0.25) is 0 Å². The van der Waals surface area contributed by atoms with E-state index in [0.717, 1.165) is 43.1 Å². The Hall–Kier alpha value is -3.15. The summed E-state index contributed by atoms with van der Waals surface area (Å²) >= 11 is 0. The van der Waals surface area contributed by atoms with Gasteiger partial charge in [0.2, 0.25) is 0 Å². The molecule has 3 rings (SSSR count). The number of nitrogens with zero attached hydrogens (tertiary/aromatic N) is 3. The van der Waals surface area contributed by atoms with Crippen molar-refractivity contribution in [3.8, 4) is 0 Å². The van der Waals surface area contributed by atoms with Crippen molar-refractivity contribution >= 4 is 5.96 Å². The van der Waals surface area contributed by atoms with E-state index in [9.17, 15) is 4.39 Å². The van der Waals surface area contributed by atoms with E-state index in [0.29, 0.717) is 6.54 Å². The smallest absolute Gasteiger partial charge is 0.191 e. The van der Waals surface area contributed by atoms with Crippen LogP contribution < -0.4 is 10.6 Å². The van der Waals surface area contributed by atoms with Crippen molar-refractivity contribution in [1.29, 1.82) is 0 Å². The molecule has 2 N–H and O–H groups in total. The van der Waals surface area contributed by atoms with E-state index < -0.39 is 0 Å². The predicted molar refractivity (Wildman–Crippen MR) is 111 cm³/mol. The zero-order chi connectivity index (χ0) is 19.6. The normalized spacial score (nSPS) is 11.4. The van der Waals surface area contributed by atoms with Crippen LogP contribution in [0.5, 0.6) is 0 Å². The van der Waals surface area contributed by atoms with Crippen LogP contribution in [0.4, 0.5) is 4.39 Å². The van der Waals surface area contributed by atoms with E-state index in [1.165, 1.54) is 17.7 Å². The fraction of sp³-hybridized carbons (Fsp3) is 0.273. The summed E-state index contributed by atoms with van der Waals surface area (Å²) in [6, 6.07) is 15.0. The Morgan fingerprint density at radius 2 is 1.89 bits per heavy atom. The number of halogens is 1. The number of aromatic nitrogens is 2. The Labute approximate surface area is 165 Å². The van der Waals surface area contributed by atoms with Gasteiger partial charge in [-0.2, -0.15) is 0 Å². The maximum absolute atomic E-state index is 13.0. The summed E-state index contributed by atoms with van der Waals surface area (Å²) < 4.78 is 15.0. The van der Waals surface area contributed by atoms with Crippen LogP contribution in [-0.2, 0) is 19.5 Å². The summed E-state index contributed by atoms with van der Waals surface area (Å²) in [6.07, 6.45) is 6.37. The SMILES string of the molecule is CCNC(=NCc1cccc(Cn2ccnc2)c1)NCCc1ccc(F)cc1. The number of aliphatic imine (C=N–C) groups is 1. The largest absolute Gasteiger partial charge is 0.357 e. The van der Waals surface area contributed by atoms with Crippen LogP contribution in [-0.4, -0.2) is 28.6 Å². The zero-order valence-electron chi connectivity index (χ0n) is 16.1. The van der Waals surface area contributed by atoms with Crippen molar-refractivity contribution in [1.82, 2.24) is 20.2 Å². The third-order valence-electron chi connectivity index (χ3n) is 4.30. The quantitative estimate of drug-likeness (QED) is 0.466. The van der Waals surface area contributed by atoms with Crippen LogP contribution in [0.15, 0.2) is 72.2 Å². The molecular formula is C22H26FN5. The summed E-state index contributed by atoms with van der Waals surface area (Å²) in [4.78, 5) is 8.76. The van der Waals surface area contributed by atoms with Crippen molar-refractivity contribution in [3.05, 3.63) is 89.8 Å². The Kier molecular flexibility index (Phi) is 7.18. The van der Waals surface area contributed by atoms with Gasteiger partial charge >= 0.3 is 0 Å². The second-order valence-corrected chi connectivity index (χ2v) is 6.55. The fourth-order valence-electron chi connectivity index (χ4n) is 2.91. The minimum atomic E-state index is -0.207. The molecule has 0 unspecified atom stereocenters. The molecule has 28 heavy (non-hydrogen) atoms. The third kappa shape index (κ3) is 6.23. The topological polar surface area (TPSA) is 54.2 Å². The van der Waals surface area contributed by atoms with E-state index in [2.05, 4.69) is 44.9 Å². The molecule has 0 saturated heterocycles. The number of rotatable bonds is 8. The molecule has 0 aliphatic heterocycles. The molecule has 0 fully saturated rings. The lowest BCUT2D eigenvalue weighted by molar-refractivity contribution is 0.626. The minimum absolute atomic E-state index is 0.207. The summed E-state index contributed by atoms with van der Waals surface area (Å²) in [5.74, 6) is 0.575. The number of hydrogen-bond donors (Lipinski definition) is 2. The van der Waals surface area contributed by atoms with Crippen molar-refractivity contribution in [3.63, 3.8) is 0 Å². The van der Waals surface area contributed by atoms with Crippen molar-refractivity contribution in [2.45, 2.75) is 26.4 Å². The molecule has 0 spiro atoms. The molecule has 0 radical (unpaired) electrons. The molecule has 1 heterocycles. The molecule has 1 aromatic heterocycles. The second-order valence-electron chi connectivity index (χ2n) is 6.55. The van der Waals surface area contributed by atoms with Crippen molar-refractivity contribution in [2.24, 2.45) is 4.99 Å². The van der Waals surface area contributed by atoms with Gasteiger partial charge in [0.05, 0.1) is 12.9 Å². The summed E-state index contributed by atoms with van der Waals surface area (Å²) in [5.41, 5.74) is 3.48. The van der Waals surface area contributed by atoms with E-state index in [1.807, 2.05) is 36.1 Å². The highest BCUT2D eigenvalue weighted by atomic mass is 19.1. The molecule has 0 saturated carbocycles. The molecule has 6 heteroatoms. The lowest BCUT2D eigenvalue weighted by atomic mass is 10.1. The minimum Gasteiger partial charge on any atom is -0.357 e. The monoisotopic (exact) mass is 379 g/mol. The van der Waals surface area contributed by atoms with Crippen LogP contribution in [0, 0.1) is 5.82 Å². The van der Waals surface area contributed by atoms with E-state index in [1.54, 1.807) is 6.20 Å². The first-order valence-corrected chi connectivity index (χ1v) is 9.53. The molecule has 0 aliphatic rings. The lowest BCUT2D eigenvalue weighted by Gasteiger charge is -2.12. The maximum Gasteiger partial charge on any atom is 0.191 e. The second kappa shape index (κ2) is 10.3. The van der Waals surface area contributed by atoms with Crippen LogP contribution in [0.25, 0.3) is 0 Å². The first-order valence-electron chi connectivity index (χ1n) is 9.53. The zero-order valence-corrected chi connectivity index (χ0v) is 16.1. The predicted octanol–water partition coefficient (Wildman–Crippen LogP) is 3.37. The molecule has 0 bridgehead atoms. The first-order chi connectivity index (χ1) is 13.7. The van der Waals surface area contributed by atoms with Gasteiger partial charge in [-0.3, -0.25) is 0 Å². The molecule has 146 valence electrons. The Balaban J connectivity index is 1.55. The summed E-state index contributed by atoms with van der Waals surface area (Å²) in [6.45, 7) is 4.97. The maximum atomic E-state index is 13.0. The molecule has 2 aromatic carbocycles. The van der Waals surface area contributed by atoms with Crippen LogP contribution in [0.3, 0.4) is 0 Å². The van der Waals surface area contributed by atoms with Gasteiger partial charge in [0, 0.05) is 32.0 Å². The third-order valence-corrected chi connectivity index (χ3v) is 4.30. The molecular weight excluding hydrogens is 353 g/mol. The highest BCUT2D eigenvalue weighted by Crippen LogP contribution is 2.08. The van der Waals surface area contributed by atoms with Gasteiger partial charge < -0.3 is 15.2 Å². The lowest BCUT2D eigenvalue weighted by Crippen LogP contribution is -2.38. The highest BCUT2D eigenvalue weighted by Gasteiger charge is 2.01. The summed E-state index contributed by atoms with van der Waals surface area (Å²) in [7, 11) is 0. The molecule has 3 aromatic rings. The van der Waals surface area contributed by atoms with Gasteiger partial charge in [-0.1, -0.05) is 36.4 Å². The van der Waals surface area contributed by atoms with Crippen molar-refractivity contribution < 1.29 is 4.39 Å². The molecule has 0 aliphatic carbocycles. The van der Waals surface area contributed by atoms with Gasteiger partial charge in [-0.25, -0.2) is 14.4 Å². The van der Waals surface area contributed by atoms with Gasteiger partial charge in [-0.15, -0.1) is 0 Å². The fourth-order valence-corrected chi connectivity index (χ4v) is 2.91. The average molecular weight is 379 g/mol. The van der Waals surface area contributed by atoms with Gasteiger partial charge in [-0.05, 0) is 42.2 Å². The molecule has 0 amide bonds. The Morgan fingerprint density at radius 1 is 1.07 bits per heavy atom. The standard InChI is InChI=1S/C22H26FN5/c1-2-25-22(26-11-10-18-6-8-21(23)9-7-18)27-15-19-4-3-5-20(14-19)16-28-13-12-24-17-28/h3-9,12-14,17H,2,10-11,15-16H2,1H3,(H2,25,26,27). The summed E-state index contributed by atoms with van der Waals surface area (Å²) in [5, 5.41) is 6.60.